The maximum atomic E-state index is 12.8. The van der Waals surface area contributed by atoms with Gasteiger partial charge in [-0.05, 0) is 31.5 Å². The molecule has 106 valence electrons. The van der Waals surface area contributed by atoms with E-state index in [4.69, 9.17) is 6.42 Å². The number of nitrogens with zero attached hydrogens (tertiary/aromatic N) is 1. The zero-order chi connectivity index (χ0) is 15.3. The Kier molecular flexibility index (Phi) is 4.45. The molecule has 0 aliphatic carbocycles. The Labute approximate surface area is 126 Å². The molecular formula is C19H19NO. The Hall–Kier alpha value is -2.53. The summed E-state index contributed by atoms with van der Waals surface area (Å²) in [7, 11) is 0. The lowest BCUT2D eigenvalue weighted by Gasteiger charge is -2.29. The van der Waals surface area contributed by atoms with Crippen molar-refractivity contribution in [1.29, 1.82) is 0 Å². The second-order valence-corrected chi connectivity index (χ2v) is 5.48. The minimum atomic E-state index is -0.829. The quantitative estimate of drug-likeness (QED) is 0.777. The maximum Gasteiger partial charge on any atom is 0.244 e. The summed E-state index contributed by atoms with van der Waals surface area (Å²) >= 11 is 0. The van der Waals surface area contributed by atoms with Crippen LogP contribution in [0.25, 0.3) is 0 Å². The number of hydrogen-bond acceptors (Lipinski definition) is 1. The molecule has 2 heteroatoms. The monoisotopic (exact) mass is 277 g/mol. The van der Waals surface area contributed by atoms with Crippen LogP contribution < -0.4 is 4.90 Å². The third kappa shape index (κ3) is 3.52. The van der Waals surface area contributed by atoms with E-state index in [1.807, 2.05) is 60.7 Å². The summed E-state index contributed by atoms with van der Waals surface area (Å²) in [6.07, 6.45) is 5.52. The first kappa shape index (κ1) is 14.9. The van der Waals surface area contributed by atoms with Crippen molar-refractivity contribution in [2.24, 2.45) is 5.41 Å². The third-order valence-corrected chi connectivity index (χ3v) is 3.39. The molecule has 0 atom stereocenters. The second-order valence-electron chi connectivity index (χ2n) is 5.48. The molecule has 1 amide bonds. The van der Waals surface area contributed by atoms with Gasteiger partial charge in [0.1, 0.15) is 5.41 Å². The lowest BCUT2D eigenvalue weighted by Crippen LogP contribution is -2.40. The van der Waals surface area contributed by atoms with Crippen molar-refractivity contribution in [3.63, 3.8) is 0 Å². The molecule has 2 rings (SSSR count). The first-order chi connectivity index (χ1) is 10.0. The van der Waals surface area contributed by atoms with Gasteiger partial charge in [-0.2, -0.15) is 0 Å². The van der Waals surface area contributed by atoms with Gasteiger partial charge in [-0.1, -0.05) is 54.5 Å². The van der Waals surface area contributed by atoms with Gasteiger partial charge in [0.15, 0.2) is 0 Å². The molecule has 0 heterocycles. The molecule has 0 bridgehead atoms. The van der Waals surface area contributed by atoms with E-state index >= 15 is 0 Å². The highest BCUT2D eigenvalue weighted by atomic mass is 16.2. The van der Waals surface area contributed by atoms with Crippen LogP contribution in [0.4, 0.5) is 5.69 Å². The van der Waals surface area contributed by atoms with E-state index in [1.165, 1.54) is 0 Å². The van der Waals surface area contributed by atoms with Crippen LogP contribution >= 0.6 is 0 Å². The van der Waals surface area contributed by atoms with Crippen molar-refractivity contribution in [2.45, 2.75) is 20.4 Å². The van der Waals surface area contributed by atoms with E-state index in [1.54, 1.807) is 18.7 Å². The van der Waals surface area contributed by atoms with E-state index in [9.17, 15) is 4.79 Å². The Bertz CT molecular complexity index is 638. The van der Waals surface area contributed by atoms with Crippen molar-refractivity contribution in [2.75, 3.05) is 4.90 Å². The highest BCUT2D eigenvalue weighted by Gasteiger charge is 2.30. The molecule has 0 aliphatic rings. The second kappa shape index (κ2) is 6.28. The van der Waals surface area contributed by atoms with Gasteiger partial charge >= 0.3 is 0 Å². The zero-order valence-corrected chi connectivity index (χ0v) is 12.4. The molecule has 0 aliphatic heterocycles. The Morgan fingerprint density at radius 3 is 2.10 bits per heavy atom. The van der Waals surface area contributed by atoms with Crippen molar-refractivity contribution >= 4 is 11.6 Å². The van der Waals surface area contributed by atoms with Crippen LogP contribution in [0.5, 0.6) is 0 Å². The minimum absolute atomic E-state index is 0.0694. The first-order valence-electron chi connectivity index (χ1n) is 6.93. The number of anilines is 1. The van der Waals surface area contributed by atoms with Crippen molar-refractivity contribution in [1.82, 2.24) is 0 Å². The highest BCUT2D eigenvalue weighted by Crippen LogP contribution is 2.25. The van der Waals surface area contributed by atoms with E-state index in [0.717, 1.165) is 11.3 Å². The van der Waals surface area contributed by atoms with Gasteiger partial charge in [-0.15, -0.1) is 6.42 Å². The summed E-state index contributed by atoms with van der Waals surface area (Å²) in [4.78, 5) is 14.5. The molecule has 2 nitrogen and oxygen atoms in total. The molecule has 0 saturated carbocycles. The number of carbonyl (C=O) groups is 1. The minimum Gasteiger partial charge on any atom is -0.307 e. The predicted molar refractivity (Wildman–Crippen MR) is 86.7 cm³/mol. The van der Waals surface area contributed by atoms with Crippen LogP contribution in [0, 0.1) is 17.8 Å². The van der Waals surface area contributed by atoms with Crippen LogP contribution in [0.3, 0.4) is 0 Å². The van der Waals surface area contributed by atoms with Crippen LogP contribution in [-0.2, 0) is 11.3 Å². The molecule has 21 heavy (non-hydrogen) atoms. The van der Waals surface area contributed by atoms with Gasteiger partial charge in [-0.3, -0.25) is 4.79 Å². The molecule has 0 spiro atoms. The van der Waals surface area contributed by atoms with Gasteiger partial charge in [0.2, 0.25) is 5.91 Å². The lowest BCUT2D eigenvalue weighted by molar-refractivity contribution is -0.124. The van der Waals surface area contributed by atoms with E-state index in [2.05, 4.69) is 5.92 Å². The molecular weight excluding hydrogens is 258 g/mol. The highest BCUT2D eigenvalue weighted by molar-refractivity contribution is 5.98. The smallest absolute Gasteiger partial charge is 0.244 e. The van der Waals surface area contributed by atoms with Crippen molar-refractivity contribution in [3.8, 4) is 12.3 Å². The number of amides is 1. The summed E-state index contributed by atoms with van der Waals surface area (Å²) in [6, 6.07) is 19.5. The normalized spacial score (nSPS) is 10.7. The first-order valence-corrected chi connectivity index (χ1v) is 6.93. The summed E-state index contributed by atoms with van der Waals surface area (Å²) in [5, 5.41) is 0. The molecule has 0 aromatic heterocycles. The topological polar surface area (TPSA) is 20.3 Å². The molecule has 0 N–H and O–H groups in total. The summed E-state index contributed by atoms with van der Waals surface area (Å²) < 4.78 is 0. The maximum absolute atomic E-state index is 12.8. The number of carbonyl (C=O) groups excluding carboxylic acids is 1. The summed E-state index contributed by atoms with van der Waals surface area (Å²) in [5.41, 5.74) is 1.10. The van der Waals surface area contributed by atoms with Crippen LogP contribution in [-0.4, -0.2) is 5.91 Å². The zero-order valence-electron chi connectivity index (χ0n) is 12.4. The average molecular weight is 277 g/mol. The number of benzene rings is 2. The van der Waals surface area contributed by atoms with Crippen LogP contribution in [0.2, 0.25) is 0 Å². The van der Waals surface area contributed by atoms with Crippen molar-refractivity contribution < 1.29 is 4.79 Å². The predicted octanol–water partition coefficient (Wildman–Crippen LogP) is 3.88. The van der Waals surface area contributed by atoms with Gasteiger partial charge < -0.3 is 4.90 Å². The molecule has 2 aromatic carbocycles. The van der Waals surface area contributed by atoms with Crippen molar-refractivity contribution in [3.05, 3.63) is 66.2 Å². The number of para-hydroxylation sites is 1. The largest absolute Gasteiger partial charge is 0.307 e. The SMILES string of the molecule is C#CC(C)(C)C(=O)N(Cc1ccccc1)c1ccccc1. The number of terminal acetylenes is 1. The van der Waals surface area contributed by atoms with Crippen LogP contribution in [0.15, 0.2) is 60.7 Å². The lowest BCUT2D eigenvalue weighted by atomic mass is 9.92. The van der Waals surface area contributed by atoms with Gasteiger partial charge in [-0.25, -0.2) is 0 Å². The molecule has 0 radical (unpaired) electrons. The summed E-state index contributed by atoms with van der Waals surface area (Å²) in [6.45, 7) is 4.06. The van der Waals surface area contributed by atoms with Gasteiger partial charge in [0, 0.05) is 5.69 Å². The molecule has 0 fully saturated rings. The summed E-state index contributed by atoms with van der Waals surface area (Å²) in [5.74, 6) is 2.52. The average Bonchev–Trinajstić information content (AvgIpc) is 2.53. The molecule has 0 saturated heterocycles. The Morgan fingerprint density at radius 2 is 1.57 bits per heavy atom. The molecule has 0 unspecified atom stereocenters. The van der Waals surface area contributed by atoms with Gasteiger partial charge in [0.05, 0.1) is 6.54 Å². The Morgan fingerprint density at radius 1 is 1.05 bits per heavy atom. The third-order valence-electron chi connectivity index (χ3n) is 3.39. The number of rotatable bonds is 4. The fourth-order valence-corrected chi connectivity index (χ4v) is 2.05. The standard InChI is InChI=1S/C19H19NO/c1-4-19(2,3)18(21)20(17-13-9-6-10-14-17)15-16-11-7-5-8-12-16/h1,5-14H,15H2,2-3H3. The fraction of sp³-hybridized carbons (Fsp3) is 0.211. The Balaban J connectivity index is 2.37. The van der Waals surface area contributed by atoms with Crippen LogP contribution in [0.1, 0.15) is 19.4 Å². The van der Waals surface area contributed by atoms with E-state index in [-0.39, 0.29) is 5.91 Å². The van der Waals surface area contributed by atoms with E-state index in [0.29, 0.717) is 6.54 Å². The fourth-order valence-electron chi connectivity index (χ4n) is 2.05. The van der Waals surface area contributed by atoms with E-state index < -0.39 is 5.41 Å². The number of hydrogen-bond donors (Lipinski definition) is 0. The van der Waals surface area contributed by atoms with Gasteiger partial charge in [0.25, 0.3) is 0 Å². The molecule has 2 aromatic rings.